The van der Waals surface area contributed by atoms with Crippen molar-refractivity contribution in [2.75, 3.05) is 13.1 Å². The predicted molar refractivity (Wildman–Crippen MR) is 84.1 cm³/mol. The fourth-order valence-electron chi connectivity index (χ4n) is 2.26. The number of rotatable bonds is 7. The van der Waals surface area contributed by atoms with Crippen LogP contribution < -0.4 is 5.73 Å². The second-order valence-corrected chi connectivity index (χ2v) is 10.1. The SMILES string of the molecule is NCc1cc(S(=O)(=O)N(CC2CC2)CC2CC2)c(Br)s1. The van der Waals surface area contributed by atoms with Gasteiger partial charge in [-0.05, 0) is 59.5 Å². The Hall–Kier alpha value is 0.0500. The zero-order valence-corrected chi connectivity index (χ0v) is 14.4. The maximum absolute atomic E-state index is 12.9. The number of hydrogen-bond donors (Lipinski definition) is 1. The van der Waals surface area contributed by atoms with E-state index in [0.29, 0.717) is 40.2 Å². The molecule has 2 aliphatic carbocycles. The van der Waals surface area contributed by atoms with E-state index in [1.807, 2.05) is 0 Å². The Labute approximate surface area is 132 Å². The van der Waals surface area contributed by atoms with Crippen molar-refractivity contribution in [3.63, 3.8) is 0 Å². The highest BCUT2D eigenvalue weighted by atomic mass is 79.9. The van der Waals surface area contributed by atoms with Crippen molar-refractivity contribution >= 4 is 37.3 Å². The third-order valence-corrected chi connectivity index (χ3v) is 7.95. The molecule has 0 unspecified atom stereocenters. The second-order valence-electron chi connectivity index (χ2n) is 5.76. The molecule has 7 heteroatoms. The average molecular weight is 379 g/mol. The Balaban J connectivity index is 1.86. The van der Waals surface area contributed by atoms with Gasteiger partial charge in [-0.2, -0.15) is 4.31 Å². The Morgan fingerprint density at radius 1 is 1.25 bits per heavy atom. The van der Waals surface area contributed by atoms with Gasteiger partial charge >= 0.3 is 0 Å². The van der Waals surface area contributed by atoms with Gasteiger partial charge in [0.15, 0.2) is 0 Å². The lowest BCUT2D eigenvalue weighted by Crippen LogP contribution is -2.34. The largest absolute Gasteiger partial charge is 0.326 e. The first-order valence-electron chi connectivity index (χ1n) is 6.99. The number of nitrogens with zero attached hydrogens (tertiary/aromatic N) is 1. The minimum absolute atomic E-state index is 0.379. The van der Waals surface area contributed by atoms with Gasteiger partial charge in [0.1, 0.15) is 4.90 Å². The lowest BCUT2D eigenvalue weighted by Gasteiger charge is -2.21. The highest BCUT2D eigenvalue weighted by molar-refractivity contribution is 9.11. The third-order valence-electron chi connectivity index (χ3n) is 3.84. The molecule has 0 radical (unpaired) electrons. The average Bonchev–Trinajstić information content (AvgIpc) is 3.30. The van der Waals surface area contributed by atoms with E-state index in [-0.39, 0.29) is 0 Å². The fourth-order valence-corrected chi connectivity index (χ4v) is 6.36. The molecule has 0 aromatic carbocycles. The zero-order chi connectivity index (χ0) is 14.3. The summed E-state index contributed by atoms with van der Waals surface area (Å²) < 4.78 is 28.1. The summed E-state index contributed by atoms with van der Waals surface area (Å²) in [7, 11) is -3.39. The van der Waals surface area contributed by atoms with E-state index in [9.17, 15) is 8.42 Å². The molecule has 2 fully saturated rings. The summed E-state index contributed by atoms with van der Waals surface area (Å²) in [5.74, 6) is 1.13. The van der Waals surface area contributed by atoms with E-state index in [1.54, 1.807) is 10.4 Å². The fraction of sp³-hybridized carbons (Fsp3) is 0.692. The van der Waals surface area contributed by atoms with Crippen LogP contribution in [0.1, 0.15) is 30.6 Å². The predicted octanol–water partition coefficient (Wildman–Crippen LogP) is 2.78. The van der Waals surface area contributed by atoms with E-state index >= 15 is 0 Å². The second kappa shape index (κ2) is 5.68. The molecule has 2 saturated carbocycles. The van der Waals surface area contributed by atoms with Crippen molar-refractivity contribution in [3.8, 4) is 0 Å². The monoisotopic (exact) mass is 378 g/mol. The van der Waals surface area contributed by atoms with Gasteiger partial charge in [0, 0.05) is 24.5 Å². The van der Waals surface area contributed by atoms with Gasteiger partial charge in [0.2, 0.25) is 10.0 Å². The summed E-state index contributed by atoms with van der Waals surface area (Å²) in [4.78, 5) is 1.29. The van der Waals surface area contributed by atoms with Crippen LogP contribution in [0.3, 0.4) is 0 Å². The van der Waals surface area contributed by atoms with Crippen LogP contribution in [0.25, 0.3) is 0 Å². The summed E-state index contributed by atoms with van der Waals surface area (Å²) in [6, 6.07) is 1.72. The van der Waals surface area contributed by atoms with Crippen LogP contribution in [0.15, 0.2) is 14.7 Å². The molecule has 2 aliphatic rings. The topological polar surface area (TPSA) is 63.4 Å². The molecule has 4 nitrogen and oxygen atoms in total. The molecule has 3 rings (SSSR count). The van der Waals surface area contributed by atoms with Gasteiger partial charge in [0.25, 0.3) is 0 Å². The minimum Gasteiger partial charge on any atom is -0.326 e. The lowest BCUT2D eigenvalue weighted by molar-refractivity contribution is 0.382. The number of hydrogen-bond acceptors (Lipinski definition) is 4. The van der Waals surface area contributed by atoms with Gasteiger partial charge in [0.05, 0.1) is 3.79 Å². The minimum atomic E-state index is -3.39. The Kier molecular flexibility index (Phi) is 4.25. The van der Waals surface area contributed by atoms with E-state index in [4.69, 9.17) is 5.73 Å². The third kappa shape index (κ3) is 3.27. The first-order valence-corrected chi connectivity index (χ1v) is 10.0. The first kappa shape index (κ1) is 15.0. The Morgan fingerprint density at radius 3 is 2.20 bits per heavy atom. The maximum atomic E-state index is 12.9. The molecule has 112 valence electrons. The van der Waals surface area contributed by atoms with Crippen molar-refractivity contribution in [1.29, 1.82) is 0 Å². The van der Waals surface area contributed by atoms with Gasteiger partial charge in [-0.25, -0.2) is 8.42 Å². The van der Waals surface area contributed by atoms with Crippen molar-refractivity contribution < 1.29 is 8.42 Å². The molecule has 0 spiro atoms. The number of sulfonamides is 1. The molecule has 0 aliphatic heterocycles. The molecule has 0 bridgehead atoms. The van der Waals surface area contributed by atoms with E-state index < -0.39 is 10.0 Å². The summed E-state index contributed by atoms with van der Waals surface area (Å²) >= 11 is 4.80. The molecule has 1 heterocycles. The summed E-state index contributed by atoms with van der Waals surface area (Å²) in [5.41, 5.74) is 5.61. The van der Waals surface area contributed by atoms with Crippen molar-refractivity contribution in [3.05, 3.63) is 14.7 Å². The highest BCUT2D eigenvalue weighted by Crippen LogP contribution is 2.38. The number of thiophene rings is 1. The van der Waals surface area contributed by atoms with Crippen molar-refractivity contribution in [2.24, 2.45) is 17.6 Å². The molecule has 1 aromatic heterocycles. The van der Waals surface area contributed by atoms with Gasteiger partial charge in [-0.1, -0.05) is 0 Å². The number of nitrogens with two attached hydrogens (primary N) is 1. The highest BCUT2D eigenvalue weighted by Gasteiger charge is 2.36. The van der Waals surface area contributed by atoms with Crippen LogP contribution in [0.4, 0.5) is 0 Å². The molecule has 0 atom stereocenters. The molecule has 1 aromatic rings. The van der Waals surface area contributed by atoms with Crippen LogP contribution in [-0.4, -0.2) is 25.8 Å². The molecule has 20 heavy (non-hydrogen) atoms. The van der Waals surface area contributed by atoms with Crippen molar-refractivity contribution in [2.45, 2.75) is 37.1 Å². The molecular weight excluding hydrogens is 360 g/mol. The Bertz CT molecular complexity index is 578. The zero-order valence-electron chi connectivity index (χ0n) is 11.2. The van der Waals surface area contributed by atoms with Crippen molar-refractivity contribution in [1.82, 2.24) is 4.31 Å². The van der Waals surface area contributed by atoms with Crippen LogP contribution in [0.2, 0.25) is 0 Å². The lowest BCUT2D eigenvalue weighted by atomic mass is 10.4. The molecule has 2 N–H and O–H groups in total. The normalized spacial score (nSPS) is 19.8. The Morgan fingerprint density at radius 2 is 1.80 bits per heavy atom. The molecular formula is C13H19BrN2O2S2. The molecule has 0 saturated heterocycles. The number of halogens is 1. The maximum Gasteiger partial charge on any atom is 0.245 e. The summed E-state index contributed by atoms with van der Waals surface area (Å²) in [6.45, 7) is 1.74. The summed E-state index contributed by atoms with van der Waals surface area (Å²) in [6.07, 6.45) is 4.65. The molecule has 0 amide bonds. The van der Waals surface area contributed by atoms with Crippen LogP contribution >= 0.6 is 27.3 Å². The standard InChI is InChI=1S/C13H19BrN2O2S2/c14-13-12(5-11(6-15)19-13)20(17,18)16(7-9-1-2-9)8-10-3-4-10/h5,9-10H,1-4,6-8,15H2. The van der Waals surface area contributed by atoms with Crippen LogP contribution in [0, 0.1) is 11.8 Å². The van der Waals surface area contributed by atoms with Crippen LogP contribution in [0.5, 0.6) is 0 Å². The smallest absolute Gasteiger partial charge is 0.245 e. The summed E-state index contributed by atoms with van der Waals surface area (Å²) in [5, 5.41) is 0. The first-order chi connectivity index (χ1) is 9.50. The van der Waals surface area contributed by atoms with Crippen LogP contribution in [-0.2, 0) is 16.6 Å². The van der Waals surface area contributed by atoms with E-state index in [1.165, 1.54) is 11.3 Å². The van der Waals surface area contributed by atoms with E-state index in [2.05, 4.69) is 15.9 Å². The quantitative estimate of drug-likeness (QED) is 0.793. The van der Waals surface area contributed by atoms with Gasteiger partial charge in [-0.3, -0.25) is 0 Å². The van der Waals surface area contributed by atoms with Gasteiger partial charge < -0.3 is 5.73 Å². The van der Waals surface area contributed by atoms with Gasteiger partial charge in [-0.15, -0.1) is 11.3 Å². The van der Waals surface area contributed by atoms with E-state index in [0.717, 1.165) is 30.6 Å².